The molecule has 4 aromatic heterocycles. The van der Waals surface area contributed by atoms with Gasteiger partial charge >= 0.3 is 0 Å². The number of nitrogens with one attached hydrogen (secondary N) is 2. The summed E-state index contributed by atoms with van der Waals surface area (Å²) in [4.78, 5) is 20.9. The molecule has 2 N–H and O–H groups in total. The highest BCUT2D eigenvalue weighted by Crippen LogP contribution is 2.29. The van der Waals surface area contributed by atoms with Gasteiger partial charge in [-0.15, -0.1) is 0 Å². The zero-order valence-corrected chi connectivity index (χ0v) is 18.3. The maximum Gasteiger partial charge on any atom is 0.140 e. The Morgan fingerprint density at radius 1 is 0.829 bits per heavy atom. The number of fused-ring (bicyclic) bond motifs is 2. The summed E-state index contributed by atoms with van der Waals surface area (Å²) in [6, 6.07) is 20.8. The quantitative estimate of drug-likeness (QED) is 0.329. The highest BCUT2D eigenvalue weighted by Gasteiger charge is 2.10. The van der Waals surface area contributed by atoms with Crippen LogP contribution < -0.4 is 10.1 Å². The molecular formula is C27H17N7O. The highest BCUT2D eigenvalue weighted by molar-refractivity contribution is 5.93. The molecule has 0 atom stereocenters. The lowest BCUT2D eigenvalue weighted by Gasteiger charge is -2.10. The Morgan fingerprint density at radius 3 is 2.60 bits per heavy atom. The van der Waals surface area contributed by atoms with E-state index in [1.807, 2.05) is 42.5 Å². The van der Waals surface area contributed by atoms with E-state index < -0.39 is 0 Å². The summed E-state index contributed by atoms with van der Waals surface area (Å²) < 4.78 is 5.90. The molecule has 0 saturated heterocycles. The number of nitriles is 1. The molecule has 6 aromatic rings. The Morgan fingerprint density at radius 2 is 1.71 bits per heavy atom. The molecule has 8 heteroatoms. The van der Waals surface area contributed by atoms with Gasteiger partial charge in [0.25, 0.3) is 0 Å². The molecule has 2 aromatic carbocycles. The molecule has 0 radical (unpaired) electrons. The monoisotopic (exact) mass is 455 g/mol. The lowest BCUT2D eigenvalue weighted by molar-refractivity contribution is 0.482. The van der Waals surface area contributed by atoms with Gasteiger partial charge in [0.05, 0.1) is 40.1 Å². The molecule has 8 nitrogen and oxygen atoms in total. The molecule has 0 spiro atoms. The van der Waals surface area contributed by atoms with Crippen LogP contribution in [-0.2, 0) is 0 Å². The van der Waals surface area contributed by atoms with Gasteiger partial charge in [-0.1, -0.05) is 0 Å². The van der Waals surface area contributed by atoms with Gasteiger partial charge in [0.1, 0.15) is 17.3 Å². The second-order valence-corrected chi connectivity index (χ2v) is 7.84. The number of ether oxygens (including phenoxy) is 1. The van der Waals surface area contributed by atoms with E-state index in [0.717, 1.165) is 38.9 Å². The van der Waals surface area contributed by atoms with Gasteiger partial charge in [-0.3, -0.25) is 15.0 Å². The maximum absolute atomic E-state index is 9.27. The Kier molecular flexibility index (Phi) is 4.98. The standard InChI is InChI=1S/C27H17N7O/c28-14-17-1-3-23-22(11-17)24(7-10-31-23)32-19-12-18(15-30-16-19)27-33-25-4-2-21(13-26(25)34-27)35-20-5-8-29-9-6-20/h1-13,15-16H,(H,31,32)(H,33,34). The number of aromatic nitrogens is 5. The Hall–Kier alpha value is -5.29. The van der Waals surface area contributed by atoms with Gasteiger partial charge in [0.15, 0.2) is 0 Å². The fourth-order valence-electron chi connectivity index (χ4n) is 3.85. The van der Waals surface area contributed by atoms with E-state index in [4.69, 9.17) is 9.72 Å². The van der Waals surface area contributed by atoms with Crippen LogP contribution in [0.4, 0.5) is 11.4 Å². The Bertz CT molecular complexity index is 1720. The molecule has 0 aliphatic carbocycles. The number of hydrogen-bond donors (Lipinski definition) is 2. The summed E-state index contributed by atoms with van der Waals surface area (Å²) in [5.41, 5.74) is 5.53. The van der Waals surface area contributed by atoms with E-state index in [-0.39, 0.29) is 0 Å². The van der Waals surface area contributed by atoms with Crippen molar-refractivity contribution >= 4 is 33.3 Å². The molecule has 6 rings (SSSR count). The highest BCUT2D eigenvalue weighted by atomic mass is 16.5. The second kappa shape index (κ2) is 8.57. The van der Waals surface area contributed by atoms with Crippen molar-refractivity contribution in [1.29, 1.82) is 5.26 Å². The summed E-state index contributed by atoms with van der Waals surface area (Å²) in [6.45, 7) is 0. The summed E-state index contributed by atoms with van der Waals surface area (Å²) in [7, 11) is 0. The molecule has 35 heavy (non-hydrogen) atoms. The molecule has 0 bridgehead atoms. The van der Waals surface area contributed by atoms with E-state index in [1.165, 1.54) is 0 Å². The number of benzene rings is 2. The van der Waals surface area contributed by atoms with Gasteiger partial charge in [0, 0.05) is 47.5 Å². The minimum atomic E-state index is 0.579. The first kappa shape index (κ1) is 20.3. The molecule has 0 unspecified atom stereocenters. The SMILES string of the molecule is N#Cc1ccc2nccc(Nc3cncc(-c4nc5ccc(Oc6ccncc6)cc5[nH]4)c3)c2c1. The zero-order valence-electron chi connectivity index (χ0n) is 18.3. The second-order valence-electron chi connectivity index (χ2n) is 7.84. The molecule has 0 fully saturated rings. The predicted octanol–water partition coefficient (Wildman–Crippen LogP) is 5.98. The lowest BCUT2D eigenvalue weighted by Crippen LogP contribution is -1.95. The molecular weight excluding hydrogens is 438 g/mol. The van der Waals surface area contributed by atoms with Crippen LogP contribution in [-0.4, -0.2) is 24.9 Å². The van der Waals surface area contributed by atoms with Crippen LogP contribution >= 0.6 is 0 Å². The Labute approximate surface area is 199 Å². The predicted molar refractivity (Wildman–Crippen MR) is 133 cm³/mol. The number of rotatable bonds is 5. The third kappa shape index (κ3) is 4.10. The summed E-state index contributed by atoms with van der Waals surface area (Å²) >= 11 is 0. The number of pyridine rings is 3. The summed E-state index contributed by atoms with van der Waals surface area (Å²) in [5, 5.41) is 13.5. The van der Waals surface area contributed by atoms with Crippen LogP contribution in [0.15, 0.2) is 91.6 Å². The first-order valence-corrected chi connectivity index (χ1v) is 10.8. The summed E-state index contributed by atoms with van der Waals surface area (Å²) in [6.07, 6.45) is 8.61. The largest absolute Gasteiger partial charge is 0.457 e. The number of hydrogen-bond acceptors (Lipinski definition) is 7. The van der Waals surface area contributed by atoms with Gasteiger partial charge in [-0.2, -0.15) is 5.26 Å². The molecule has 0 aliphatic rings. The van der Waals surface area contributed by atoms with Crippen molar-refractivity contribution < 1.29 is 4.74 Å². The first-order chi connectivity index (χ1) is 17.2. The molecule has 0 saturated carbocycles. The van der Waals surface area contributed by atoms with Crippen LogP contribution in [0.1, 0.15) is 5.56 Å². The maximum atomic E-state index is 9.27. The molecule has 0 aliphatic heterocycles. The zero-order chi connectivity index (χ0) is 23.6. The number of H-pyrrole nitrogens is 1. The van der Waals surface area contributed by atoms with E-state index in [1.54, 1.807) is 49.2 Å². The average Bonchev–Trinajstić information content (AvgIpc) is 3.33. The number of imidazole rings is 1. The van der Waals surface area contributed by atoms with E-state index in [9.17, 15) is 5.26 Å². The summed E-state index contributed by atoms with van der Waals surface area (Å²) in [5.74, 6) is 2.12. The van der Waals surface area contributed by atoms with Gasteiger partial charge < -0.3 is 15.0 Å². The first-order valence-electron chi connectivity index (χ1n) is 10.8. The van der Waals surface area contributed by atoms with Gasteiger partial charge in [0.2, 0.25) is 0 Å². The number of aromatic amines is 1. The fraction of sp³-hybridized carbons (Fsp3) is 0. The Balaban J connectivity index is 1.30. The number of nitrogens with zero attached hydrogens (tertiary/aromatic N) is 5. The topological polar surface area (TPSA) is 112 Å². The van der Waals surface area contributed by atoms with Crippen LogP contribution in [0.25, 0.3) is 33.3 Å². The smallest absolute Gasteiger partial charge is 0.140 e. The van der Waals surface area contributed by atoms with E-state index in [0.29, 0.717) is 22.9 Å². The normalized spacial score (nSPS) is 10.8. The van der Waals surface area contributed by atoms with Crippen molar-refractivity contribution in [1.82, 2.24) is 24.9 Å². The van der Waals surface area contributed by atoms with Crippen LogP contribution in [0, 0.1) is 11.3 Å². The van der Waals surface area contributed by atoms with Gasteiger partial charge in [-0.25, -0.2) is 4.98 Å². The van der Waals surface area contributed by atoms with E-state index >= 15 is 0 Å². The van der Waals surface area contributed by atoms with Crippen molar-refractivity contribution in [3.8, 4) is 29.0 Å². The minimum Gasteiger partial charge on any atom is -0.457 e. The fourth-order valence-corrected chi connectivity index (χ4v) is 3.85. The van der Waals surface area contributed by atoms with E-state index in [2.05, 4.69) is 31.3 Å². The van der Waals surface area contributed by atoms with Crippen molar-refractivity contribution in [2.75, 3.05) is 5.32 Å². The van der Waals surface area contributed by atoms with Gasteiger partial charge in [-0.05, 0) is 54.6 Å². The third-order valence-electron chi connectivity index (χ3n) is 5.50. The van der Waals surface area contributed by atoms with Crippen molar-refractivity contribution in [2.24, 2.45) is 0 Å². The third-order valence-corrected chi connectivity index (χ3v) is 5.50. The molecule has 4 heterocycles. The lowest BCUT2D eigenvalue weighted by atomic mass is 10.1. The van der Waals surface area contributed by atoms with Crippen molar-refractivity contribution in [2.45, 2.75) is 0 Å². The molecule has 166 valence electrons. The van der Waals surface area contributed by atoms with Crippen molar-refractivity contribution in [3.63, 3.8) is 0 Å². The van der Waals surface area contributed by atoms with Crippen LogP contribution in [0.5, 0.6) is 11.5 Å². The average molecular weight is 455 g/mol. The van der Waals surface area contributed by atoms with Crippen LogP contribution in [0.3, 0.4) is 0 Å². The molecule has 0 amide bonds. The van der Waals surface area contributed by atoms with Crippen LogP contribution in [0.2, 0.25) is 0 Å². The van der Waals surface area contributed by atoms with Crippen molar-refractivity contribution in [3.05, 3.63) is 97.2 Å². The minimum absolute atomic E-state index is 0.579. The number of anilines is 2.